The fourth-order valence-electron chi connectivity index (χ4n) is 2.61. The maximum atomic E-state index is 12.4. The van der Waals surface area contributed by atoms with Crippen LogP contribution in [0.25, 0.3) is 17.4 Å². The first-order valence-electron chi connectivity index (χ1n) is 8.32. The van der Waals surface area contributed by atoms with Crippen molar-refractivity contribution in [2.24, 2.45) is 0 Å². The summed E-state index contributed by atoms with van der Waals surface area (Å²) in [5, 5.41) is 12.1. The van der Waals surface area contributed by atoms with Crippen molar-refractivity contribution in [1.29, 1.82) is 5.26 Å². The van der Waals surface area contributed by atoms with E-state index >= 15 is 0 Å². The maximum absolute atomic E-state index is 12.4. The summed E-state index contributed by atoms with van der Waals surface area (Å²) in [4.78, 5) is 12.4. The van der Waals surface area contributed by atoms with E-state index in [1.54, 1.807) is 12.1 Å². The molecular formula is C22H17BrN2O2. The van der Waals surface area contributed by atoms with Crippen LogP contribution in [-0.2, 0) is 4.79 Å². The van der Waals surface area contributed by atoms with Crippen molar-refractivity contribution in [2.75, 3.05) is 5.32 Å². The molecule has 0 unspecified atom stereocenters. The molecule has 0 atom stereocenters. The molecule has 0 spiro atoms. The van der Waals surface area contributed by atoms with Gasteiger partial charge in [0.2, 0.25) is 0 Å². The van der Waals surface area contributed by atoms with E-state index in [1.165, 1.54) is 6.08 Å². The predicted octanol–water partition coefficient (Wildman–Crippen LogP) is 5.87. The van der Waals surface area contributed by atoms with Crippen molar-refractivity contribution in [3.05, 3.63) is 81.5 Å². The van der Waals surface area contributed by atoms with Gasteiger partial charge >= 0.3 is 0 Å². The van der Waals surface area contributed by atoms with Crippen LogP contribution >= 0.6 is 15.9 Å². The first-order chi connectivity index (χ1) is 13.0. The van der Waals surface area contributed by atoms with Gasteiger partial charge in [0, 0.05) is 21.8 Å². The second-order valence-electron chi connectivity index (χ2n) is 6.18. The average molecular weight is 421 g/mol. The molecular weight excluding hydrogens is 404 g/mol. The monoisotopic (exact) mass is 420 g/mol. The van der Waals surface area contributed by atoms with Crippen LogP contribution < -0.4 is 5.32 Å². The van der Waals surface area contributed by atoms with E-state index in [-0.39, 0.29) is 5.57 Å². The third kappa shape index (κ3) is 4.55. The molecule has 1 heterocycles. The first kappa shape index (κ1) is 18.7. The number of aryl methyl sites for hydroxylation is 2. The zero-order chi connectivity index (χ0) is 19.4. The molecule has 2 aromatic carbocycles. The topological polar surface area (TPSA) is 66.0 Å². The van der Waals surface area contributed by atoms with Crippen molar-refractivity contribution in [3.63, 3.8) is 0 Å². The molecule has 1 aromatic heterocycles. The van der Waals surface area contributed by atoms with Gasteiger partial charge in [-0.25, -0.2) is 0 Å². The molecule has 0 saturated heterocycles. The van der Waals surface area contributed by atoms with Crippen molar-refractivity contribution < 1.29 is 9.21 Å². The smallest absolute Gasteiger partial charge is 0.266 e. The number of hydrogen-bond acceptors (Lipinski definition) is 3. The molecule has 0 saturated carbocycles. The fourth-order valence-corrected chi connectivity index (χ4v) is 3.30. The molecule has 0 aliphatic carbocycles. The Morgan fingerprint density at radius 3 is 2.59 bits per heavy atom. The molecule has 0 fully saturated rings. The van der Waals surface area contributed by atoms with Gasteiger partial charge in [-0.3, -0.25) is 4.79 Å². The normalized spacial score (nSPS) is 11.1. The molecule has 4 nitrogen and oxygen atoms in total. The number of carbonyl (C=O) groups excluding carboxylic acids is 1. The molecule has 0 aliphatic rings. The van der Waals surface area contributed by atoms with Gasteiger partial charge in [0.1, 0.15) is 23.2 Å². The number of benzene rings is 2. The summed E-state index contributed by atoms with van der Waals surface area (Å²) in [6.07, 6.45) is 1.44. The standard InChI is InChI=1S/C22H17BrN2O2/c1-14-4-3-5-17(10-14)25-22(26)16(13-24)12-18-7-9-21(27-18)19-8-6-15(2)11-20(19)23/h3-12H,1-2H3,(H,25,26)/b16-12-. The summed E-state index contributed by atoms with van der Waals surface area (Å²) < 4.78 is 6.73. The van der Waals surface area contributed by atoms with E-state index in [9.17, 15) is 10.1 Å². The number of nitrogens with one attached hydrogen (secondary N) is 1. The number of furan rings is 1. The molecule has 3 rings (SSSR count). The number of hydrogen-bond donors (Lipinski definition) is 1. The SMILES string of the molecule is Cc1cccc(NC(=O)/C(C#N)=C\c2ccc(-c3ccc(C)cc3Br)o2)c1. The van der Waals surface area contributed by atoms with Crippen LogP contribution in [-0.4, -0.2) is 5.91 Å². The van der Waals surface area contributed by atoms with Gasteiger partial charge in [0.15, 0.2) is 0 Å². The maximum Gasteiger partial charge on any atom is 0.266 e. The number of amides is 1. The van der Waals surface area contributed by atoms with Gasteiger partial charge in [-0.05, 0) is 61.4 Å². The van der Waals surface area contributed by atoms with Crippen LogP contribution in [0.3, 0.4) is 0 Å². The Morgan fingerprint density at radius 1 is 1.11 bits per heavy atom. The molecule has 0 radical (unpaired) electrons. The van der Waals surface area contributed by atoms with E-state index < -0.39 is 5.91 Å². The Balaban J connectivity index is 1.83. The van der Waals surface area contributed by atoms with Crippen LogP contribution in [0.4, 0.5) is 5.69 Å². The Kier molecular flexibility index (Phi) is 5.58. The van der Waals surface area contributed by atoms with E-state index in [2.05, 4.69) is 21.2 Å². The van der Waals surface area contributed by atoms with E-state index in [0.717, 1.165) is 21.2 Å². The number of carbonyl (C=O) groups is 1. The Labute approximate surface area is 166 Å². The fraction of sp³-hybridized carbons (Fsp3) is 0.0909. The summed E-state index contributed by atoms with van der Waals surface area (Å²) in [6.45, 7) is 3.95. The van der Waals surface area contributed by atoms with Crippen LogP contribution in [0.15, 0.2) is 69.1 Å². The predicted molar refractivity (Wildman–Crippen MR) is 110 cm³/mol. The van der Waals surface area contributed by atoms with E-state index in [0.29, 0.717) is 17.2 Å². The van der Waals surface area contributed by atoms with Crippen LogP contribution in [0, 0.1) is 25.2 Å². The number of anilines is 1. The molecule has 134 valence electrons. The van der Waals surface area contributed by atoms with Gasteiger partial charge in [0.25, 0.3) is 5.91 Å². The van der Waals surface area contributed by atoms with E-state index in [1.807, 2.05) is 62.4 Å². The summed E-state index contributed by atoms with van der Waals surface area (Å²) in [5.74, 6) is 0.621. The van der Waals surface area contributed by atoms with Gasteiger partial charge in [-0.2, -0.15) is 5.26 Å². The third-order valence-corrected chi connectivity index (χ3v) is 4.60. The zero-order valence-electron chi connectivity index (χ0n) is 14.9. The van der Waals surface area contributed by atoms with Gasteiger partial charge in [-0.1, -0.05) is 34.1 Å². The highest BCUT2D eigenvalue weighted by atomic mass is 79.9. The highest BCUT2D eigenvalue weighted by Gasteiger charge is 2.12. The van der Waals surface area contributed by atoms with Gasteiger partial charge in [-0.15, -0.1) is 0 Å². The Morgan fingerprint density at radius 2 is 1.89 bits per heavy atom. The summed E-state index contributed by atoms with van der Waals surface area (Å²) >= 11 is 3.53. The van der Waals surface area contributed by atoms with Crippen LogP contribution in [0.1, 0.15) is 16.9 Å². The Hall–Kier alpha value is -3.10. The lowest BCUT2D eigenvalue weighted by molar-refractivity contribution is -0.112. The molecule has 1 N–H and O–H groups in total. The quantitative estimate of drug-likeness (QED) is 0.423. The lowest BCUT2D eigenvalue weighted by Crippen LogP contribution is -2.13. The zero-order valence-corrected chi connectivity index (χ0v) is 16.5. The van der Waals surface area contributed by atoms with Crippen LogP contribution in [0.5, 0.6) is 0 Å². The second kappa shape index (κ2) is 8.07. The number of nitrogens with zero attached hydrogens (tertiary/aromatic N) is 1. The highest BCUT2D eigenvalue weighted by Crippen LogP contribution is 2.31. The largest absolute Gasteiger partial charge is 0.457 e. The first-order valence-corrected chi connectivity index (χ1v) is 9.12. The van der Waals surface area contributed by atoms with Crippen molar-refractivity contribution in [1.82, 2.24) is 0 Å². The Bertz CT molecular complexity index is 1070. The summed E-state index contributed by atoms with van der Waals surface area (Å²) in [5.41, 5.74) is 3.68. The minimum absolute atomic E-state index is 0.0274. The van der Waals surface area contributed by atoms with Crippen molar-refractivity contribution in [2.45, 2.75) is 13.8 Å². The number of rotatable bonds is 4. The average Bonchev–Trinajstić information content (AvgIpc) is 3.08. The number of halogens is 1. The molecule has 0 bridgehead atoms. The van der Waals surface area contributed by atoms with Gasteiger partial charge in [0.05, 0.1) is 0 Å². The number of nitriles is 1. The lowest BCUT2D eigenvalue weighted by atomic mass is 10.1. The highest BCUT2D eigenvalue weighted by molar-refractivity contribution is 9.10. The molecule has 1 amide bonds. The summed E-state index contributed by atoms with van der Waals surface area (Å²) in [7, 11) is 0. The van der Waals surface area contributed by atoms with Crippen molar-refractivity contribution >= 4 is 33.6 Å². The molecule has 3 aromatic rings. The minimum atomic E-state index is -0.474. The second-order valence-corrected chi connectivity index (χ2v) is 7.03. The molecule has 5 heteroatoms. The molecule has 0 aliphatic heterocycles. The van der Waals surface area contributed by atoms with Gasteiger partial charge < -0.3 is 9.73 Å². The van der Waals surface area contributed by atoms with Crippen LogP contribution in [0.2, 0.25) is 0 Å². The molecule has 27 heavy (non-hydrogen) atoms. The lowest BCUT2D eigenvalue weighted by Gasteiger charge is -2.04. The van der Waals surface area contributed by atoms with E-state index in [4.69, 9.17) is 4.42 Å². The van der Waals surface area contributed by atoms with Crippen molar-refractivity contribution in [3.8, 4) is 17.4 Å². The minimum Gasteiger partial charge on any atom is -0.457 e. The summed E-state index contributed by atoms with van der Waals surface area (Å²) in [6, 6.07) is 18.8. The third-order valence-electron chi connectivity index (χ3n) is 3.94.